The molecular weight excluding hydrogens is 315 g/mol. The van der Waals surface area contributed by atoms with Gasteiger partial charge in [0.05, 0.1) is 12.6 Å². The van der Waals surface area contributed by atoms with Gasteiger partial charge < -0.3 is 5.11 Å². The molecular formula is C19H22F3NO. The number of rotatable bonds is 6. The van der Waals surface area contributed by atoms with Crippen LogP contribution in [0.5, 0.6) is 0 Å². The highest BCUT2D eigenvalue weighted by Gasteiger charge is 2.58. The van der Waals surface area contributed by atoms with Crippen LogP contribution in [0.1, 0.15) is 31.0 Å². The molecule has 2 aromatic carbocycles. The summed E-state index contributed by atoms with van der Waals surface area (Å²) in [4.78, 5) is 0. The third-order valence-electron chi connectivity index (χ3n) is 4.33. The molecule has 0 radical (unpaired) electrons. The van der Waals surface area contributed by atoms with Gasteiger partial charge in [0.25, 0.3) is 0 Å². The molecule has 0 heterocycles. The zero-order valence-electron chi connectivity index (χ0n) is 13.7. The van der Waals surface area contributed by atoms with Crippen molar-refractivity contribution in [2.75, 3.05) is 6.61 Å². The molecule has 5 heteroatoms. The monoisotopic (exact) mass is 337 g/mol. The summed E-state index contributed by atoms with van der Waals surface area (Å²) in [5.41, 5.74) is -1.50. The standard InChI is InChI=1S/C19H22F3NO/c1-14(2)18(19(20,21)22,16-11-7-4-8-12-16)23-17(13-24)15-9-5-3-6-10-15/h3-12,14,17,23-24H,13H2,1-2H3/t17-,18-/m0/s1. The highest BCUT2D eigenvalue weighted by molar-refractivity contribution is 5.29. The van der Waals surface area contributed by atoms with E-state index in [0.29, 0.717) is 5.56 Å². The Morgan fingerprint density at radius 2 is 1.42 bits per heavy atom. The van der Waals surface area contributed by atoms with E-state index in [1.807, 2.05) is 0 Å². The van der Waals surface area contributed by atoms with Crippen LogP contribution in [0.15, 0.2) is 60.7 Å². The van der Waals surface area contributed by atoms with E-state index in [-0.39, 0.29) is 5.56 Å². The second-order valence-electron chi connectivity index (χ2n) is 6.12. The van der Waals surface area contributed by atoms with Crippen LogP contribution in [0.4, 0.5) is 13.2 Å². The zero-order valence-corrected chi connectivity index (χ0v) is 13.7. The smallest absolute Gasteiger partial charge is 0.394 e. The number of aliphatic hydroxyl groups excluding tert-OH is 1. The van der Waals surface area contributed by atoms with Gasteiger partial charge in [0.1, 0.15) is 5.54 Å². The van der Waals surface area contributed by atoms with Crippen LogP contribution in [0.3, 0.4) is 0 Å². The van der Waals surface area contributed by atoms with Crippen LogP contribution in [0, 0.1) is 5.92 Å². The van der Waals surface area contributed by atoms with Gasteiger partial charge in [-0.25, -0.2) is 0 Å². The summed E-state index contributed by atoms with van der Waals surface area (Å²) in [6.45, 7) is 2.64. The van der Waals surface area contributed by atoms with Crippen molar-refractivity contribution in [2.24, 2.45) is 5.92 Å². The first-order valence-electron chi connectivity index (χ1n) is 7.88. The van der Waals surface area contributed by atoms with Crippen molar-refractivity contribution in [3.8, 4) is 0 Å². The van der Waals surface area contributed by atoms with Crippen molar-refractivity contribution >= 4 is 0 Å². The Hall–Kier alpha value is -1.85. The van der Waals surface area contributed by atoms with Crippen molar-refractivity contribution in [3.05, 3.63) is 71.8 Å². The minimum atomic E-state index is -4.52. The SMILES string of the molecule is CC(C)[C@](N[C@@H](CO)c1ccccc1)(c1ccccc1)C(F)(F)F. The molecule has 0 bridgehead atoms. The summed E-state index contributed by atoms with van der Waals surface area (Å²) in [7, 11) is 0. The fourth-order valence-corrected chi connectivity index (χ4v) is 3.05. The molecule has 24 heavy (non-hydrogen) atoms. The summed E-state index contributed by atoms with van der Waals surface area (Å²) >= 11 is 0. The highest BCUT2D eigenvalue weighted by Crippen LogP contribution is 2.45. The van der Waals surface area contributed by atoms with Crippen LogP contribution in [0.2, 0.25) is 0 Å². The van der Waals surface area contributed by atoms with E-state index in [0.717, 1.165) is 0 Å². The van der Waals surface area contributed by atoms with Crippen molar-refractivity contribution < 1.29 is 18.3 Å². The van der Waals surface area contributed by atoms with Crippen molar-refractivity contribution in [1.82, 2.24) is 5.32 Å². The van der Waals surface area contributed by atoms with Crippen LogP contribution in [-0.4, -0.2) is 17.9 Å². The minimum Gasteiger partial charge on any atom is -0.394 e. The van der Waals surface area contributed by atoms with Gasteiger partial charge in [-0.2, -0.15) is 13.2 Å². The first-order valence-corrected chi connectivity index (χ1v) is 7.88. The van der Waals surface area contributed by atoms with Gasteiger partial charge in [-0.1, -0.05) is 74.5 Å². The molecule has 2 aromatic rings. The van der Waals surface area contributed by atoms with Crippen LogP contribution >= 0.6 is 0 Å². The van der Waals surface area contributed by atoms with Gasteiger partial charge in [-0.05, 0) is 17.0 Å². The lowest BCUT2D eigenvalue weighted by atomic mass is 9.78. The van der Waals surface area contributed by atoms with Crippen molar-refractivity contribution in [3.63, 3.8) is 0 Å². The Morgan fingerprint density at radius 3 is 1.83 bits per heavy atom. The molecule has 0 unspecified atom stereocenters. The van der Waals surface area contributed by atoms with Crippen molar-refractivity contribution in [2.45, 2.75) is 31.6 Å². The van der Waals surface area contributed by atoms with Crippen LogP contribution in [0.25, 0.3) is 0 Å². The average molecular weight is 337 g/mol. The molecule has 2 N–H and O–H groups in total. The summed E-state index contributed by atoms with van der Waals surface area (Å²) in [6.07, 6.45) is -4.52. The van der Waals surface area contributed by atoms with Gasteiger partial charge in [0, 0.05) is 0 Å². The Bertz CT molecular complexity index is 628. The molecule has 2 atom stereocenters. The third kappa shape index (κ3) is 3.47. The lowest BCUT2D eigenvalue weighted by Gasteiger charge is -2.43. The number of hydrogen-bond donors (Lipinski definition) is 2. The Kier molecular flexibility index (Phi) is 5.67. The molecule has 0 amide bonds. The minimum absolute atomic E-state index is 0.141. The second kappa shape index (κ2) is 7.36. The fourth-order valence-electron chi connectivity index (χ4n) is 3.05. The Morgan fingerprint density at radius 1 is 0.917 bits per heavy atom. The van der Waals surface area contributed by atoms with Gasteiger partial charge >= 0.3 is 6.18 Å². The number of hydrogen-bond acceptors (Lipinski definition) is 2. The molecule has 0 saturated heterocycles. The predicted molar refractivity (Wildman–Crippen MR) is 88.4 cm³/mol. The van der Waals surface area contributed by atoms with Gasteiger partial charge in [0.15, 0.2) is 0 Å². The summed E-state index contributed by atoms with van der Waals surface area (Å²) < 4.78 is 42.5. The predicted octanol–water partition coefficient (Wildman–Crippen LogP) is 4.42. The van der Waals surface area contributed by atoms with E-state index in [9.17, 15) is 18.3 Å². The maximum absolute atomic E-state index is 14.2. The van der Waals surface area contributed by atoms with E-state index in [1.165, 1.54) is 26.0 Å². The highest BCUT2D eigenvalue weighted by atomic mass is 19.4. The topological polar surface area (TPSA) is 32.3 Å². The summed E-state index contributed by atoms with van der Waals surface area (Å²) in [6, 6.07) is 15.7. The summed E-state index contributed by atoms with van der Waals surface area (Å²) in [5, 5.41) is 12.4. The molecule has 0 aliphatic rings. The first-order chi connectivity index (χ1) is 11.3. The number of halogens is 3. The Labute approximate surface area is 140 Å². The number of benzene rings is 2. The summed E-state index contributed by atoms with van der Waals surface area (Å²) in [5.74, 6) is -0.766. The normalized spacial score (nSPS) is 16.0. The van der Waals surface area contributed by atoms with Crippen LogP contribution < -0.4 is 5.32 Å². The Balaban J connectivity index is 2.54. The second-order valence-corrected chi connectivity index (χ2v) is 6.12. The molecule has 2 rings (SSSR count). The molecule has 0 aliphatic heterocycles. The molecule has 130 valence electrons. The first kappa shape index (κ1) is 18.5. The maximum atomic E-state index is 14.2. The van der Waals surface area contributed by atoms with E-state index in [1.54, 1.807) is 48.5 Å². The molecule has 2 nitrogen and oxygen atoms in total. The maximum Gasteiger partial charge on any atom is 0.411 e. The largest absolute Gasteiger partial charge is 0.411 e. The number of nitrogens with one attached hydrogen (secondary N) is 1. The molecule has 0 saturated carbocycles. The fraction of sp³-hybridized carbons (Fsp3) is 0.368. The molecule has 0 aromatic heterocycles. The van der Waals surface area contributed by atoms with E-state index < -0.39 is 30.3 Å². The van der Waals surface area contributed by atoms with E-state index in [2.05, 4.69) is 5.32 Å². The molecule has 0 aliphatic carbocycles. The van der Waals surface area contributed by atoms with Crippen molar-refractivity contribution in [1.29, 1.82) is 0 Å². The number of alkyl halides is 3. The lowest BCUT2D eigenvalue weighted by molar-refractivity contribution is -0.218. The quantitative estimate of drug-likeness (QED) is 0.818. The molecule has 0 spiro atoms. The average Bonchev–Trinajstić information content (AvgIpc) is 2.56. The van der Waals surface area contributed by atoms with E-state index >= 15 is 0 Å². The van der Waals surface area contributed by atoms with Crippen LogP contribution in [-0.2, 0) is 5.54 Å². The third-order valence-corrected chi connectivity index (χ3v) is 4.33. The number of aliphatic hydroxyl groups is 1. The lowest BCUT2D eigenvalue weighted by Crippen LogP contribution is -2.59. The van der Waals surface area contributed by atoms with Gasteiger partial charge in [-0.15, -0.1) is 0 Å². The van der Waals surface area contributed by atoms with E-state index in [4.69, 9.17) is 0 Å². The van der Waals surface area contributed by atoms with Gasteiger partial charge in [0.2, 0.25) is 0 Å². The zero-order chi connectivity index (χ0) is 17.8. The molecule has 0 fully saturated rings. The van der Waals surface area contributed by atoms with Gasteiger partial charge in [-0.3, -0.25) is 5.32 Å².